The molecule has 0 atom stereocenters. The maximum atomic E-state index is 13.8. The third-order valence-electron chi connectivity index (χ3n) is 4.26. The Kier molecular flexibility index (Phi) is 4.52. The van der Waals surface area contributed by atoms with Crippen molar-refractivity contribution < 1.29 is 22.9 Å². The van der Waals surface area contributed by atoms with Crippen molar-refractivity contribution in [3.63, 3.8) is 0 Å². The molecular formula is C17H17F2N3O3. The molecule has 1 aliphatic heterocycles. The Morgan fingerprint density at radius 1 is 1.04 bits per heavy atom. The molecule has 1 fully saturated rings. The predicted octanol–water partition coefficient (Wildman–Crippen LogP) is 2.17. The molecule has 0 spiro atoms. The van der Waals surface area contributed by atoms with Crippen LogP contribution in [-0.2, 0) is 0 Å². The van der Waals surface area contributed by atoms with Gasteiger partial charge in [-0.05, 0) is 26.0 Å². The average molecular weight is 349 g/mol. The molecule has 0 unspecified atom stereocenters. The molecule has 0 aliphatic carbocycles. The molecule has 2 amide bonds. The van der Waals surface area contributed by atoms with Crippen molar-refractivity contribution in [2.45, 2.75) is 13.8 Å². The zero-order chi connectivity index (χ0) is 18.1. The van der Waals surface area contributed by atoms with Crippen molar-refractivity contribution in [2.75, 3.05) is 26.2 Å². The lowest BCUT2D eigenvalue weighted by molar-refractivity contribution is 0.0531. The van der Waals surface area contributed by atoms with Gasteiger partial charge in [-0.2, -0.15) is 0 Å². The van der Waals surface area contributed by atoms with Crippen LogP contribution < -0.4 is 0 Å². The fraction of sp³-hybridized carbons (Fsp3) is 0.353. The van der Waals surface area contributed by atoms with Gasteiger partial charge in [0.05, 0.1) is 11.3 Å². The molecule has 1 aromatic carbocycles. The first-order valence-electron chi connectivity index (χ1n) is 7.85. The number of rotatable bonds is 2. The first kappa shape index (κ1) is 17.1. The van der Waals surface area contributed by atoms with E-state index in [9.17, 15) is 18.4 Å². The maximum Gasteiger partial charge on any atom is 0.259 e. The molecule has 132 valence electrons. The Balaban J connectivity index is 1.67. The van der Waals surface area contributed by atoms with Gasteiger partial charge in [0.1, 0.15) is 23.0 Å². The summed E-state index contributed by atoms with van der Waals surface area (Å²) in [4.78, 5) is 28.0. The third kappa shape index (κ3) is 3.24. The van der Waals surface area contributed by atoms with Gasteiger partial charge >= 0.3 is 0 Å². The number of nitrogens with zero attached hydrogens (tertiary/aromatic N) is 3. The van der Waals surface area contributed by atoms with Crippen LogP contribution in [0.2, 0.25) is 0 Å². The van der Waals surface area contributed by atoms with E-state index in [1.165, 1.54) is 4.90 Å². The number of aryl methyl sites for hydroxylation is 2. The summed E-state index contributed by atoms with van der Waals surface area (Å²) in [5, 5.41) is 3.77. The van der Waals surface area contributed by atoms with Gasteiger partial charge in [-0.25, -0.2) is 8.78 Å². The normalized spacial score (nSPS) is 14.7. The van der Waals surface area contributed by atoms with Crippen LogP contribution in [0, 0.1) is 25.5 Å². The highest BCUT2D eigenvalue weighted by Gasteiger charge is 2.29. The van der Waals surface area contributed by atoms with Crippen LogP contribution in [0.4, 0.5) is 8.78 Å². The minimum absolute atomic E-state index is 0.174. The van der Waals surface area contributed by atoms with E-state index >= 15 is 0 Å². The second-order valence-corrected chi connectivity index (χ2v) is 5.91. The molecule has 1 aliphatic rings. The van der Waals surface area contributed by atoms with E-state index < -0.39 is 17.5 Å². The summed E-state index contributed by atoms with van der Waals surface area (Å²) in [5.41, 5.74) is 0.783. The van der Waals surface area contributed by atoms with Gasteiger partial charge in [0, 0.05) is 32.2 Å². The smallest absolute Gasteiger partial charge is 0.259 e. The topological polar surface area (TPSA) is 66.7 Å². The van der Waals surface area contributed by atoms with Crippen LogP contribution >= 0.6 is 0 Å². The zero-order valence-electron chi connectivity index (χ0n) is 13.9. The molecule has 1 saturated heterocycles. The highest BCUT2D eigenvalue weighted by atomic mass is 19.1. The SMILES string of the molecule is Cc1noc(C)c1C(=O)N1CCN(C(=O)c2ccc(F)cc2F)CC1. The Bertz CT molecular complexity index is 807. The lowest BCUT2D eigenvalue weighted by atomic mass is 10.1. The van der Waals surface area contributed by atoms with E-state index in [2.05, 4.69) is 5.16 Å². The lowest BCUT2D eigenvalue weighted by Crippen LogP contribution is -2.50. The summed E-state index contributed by atoms with van der Waals surface area (Å²) in [6, 6.07) is 2.87. The van der Waals surface area contributed by atoms with Crippen LogP contribution in [-0.4, -0.2) is 52.9 Å². The molecule has 3 rings (SSSR count). The van der Waals surface area contributed by atoms with Crippen LogP contribution in [0.25, 0.3) is 0 Å². The standard InChI is InChI=1S/C17H17F2N3O3/c1-10-15(11(2)25-20-10)17(24)22-7-5-21(6-8-22)16(23)13-4-3-12(18)9-14(13)19/h3-4,9H,5-8H2,1-2H3. The highest BCUT2D eigenvalue weighted by molar-refractivity contribution is 5.97. The Labute approximate surface area is 143 Å². The third-order valence-corrected chi connectivity index (χ3v) is 4.26. The number of carbonyl (C=O) groups excluding carboxylic acids is 2. The van der Waals surface area contributed by atoms with Gasteiger partial charge in [0.15, 0.2) is 0 Å². The van der Waals surface area contributed by atoms with Crippen molar-refractivity contribution in [3.8, 4) is 0 Å². The number of carbonyl (C=O) groups is 2. The summed E-state index contributed by atoms with van der Waals surface area (Å²) in [6.45, 7) is 4.54. The molecule has 8 heteroatoms. The number of amides is 2. The molecule has 6 nitrogen and oxygen atoms in total. The van der Waals surface area contributed by atoms with Gasteiger partial charge in [-0.15, -0.1) is 0 Å². The highest BCUT2D eigenvalue weighted by Crippen LogP contribution is 2.18. The van der Waals surface area contributed by atoms with E-state index in [1.54, 1.807) is 18.7 Å². The Morgan fingerprint density at radius 3 is 2.16 bits per heavy atom. The zero-order valence-corrected chi connectivity index (χ0v) is 13.9. The fourth-order valence-corrected chi connectivity index (χ4v) is 2.89. The number of aromatic nitrogens is 1. The quantitative estimate of drug-likeness (QED) is 0.833. The number of halogens is 2. The second kappa shape index (κ2) is 6.62. The summed E-state index contributed by atoms with van der Waals surface area (Å²) in [7, 11) is 0. The lowest BCUT2D eigenvalue weighted by Gasteiger charge is -2.34. The van der Waals surface area contributed by atoms with Crippen LogP contribution in [0.15, 0.2) is 22.7 Å². The number of benzene rings is 1. The molecule has 0 radical (unpaired) electrons. The van der Waals surface area contributed by atoms with Crippen LogP contribution in [0.1, 0.15) is 32.2 Å². The average Bonchev–Trinajstić information content (AvgIpc) is 2.92. The fourth-order valence-electron chi connectivity index (χ4n) is 2.89. The van der Waals surface area contributed by atoms with Crippen LogP contribution in [0.5, 0.6) is 0 Å². The van der Waals surface area contributed by atoms with E-state index in [0.717, 1.165) is 12.1 Å². The molecule has 0 saturated carbocycles. The van der Waals surface area contributed by atoms with E-state index in [1.807, 2.05) is 0 Å². The second-order valence-electron chi connectivity index (χ2n) is 5.91. The molecule has 1 aromatic heterocycles. The molecule has 2 aromatic rings. The van der Waals surface area contributed by atoms with Gasteiger partial charge in [0.2, 0.25) is 0 Å². The van der Waals surface area contributed by atoms with E-state index in [-0.39, 0.29) is 24.6 Å². The predicted molar refractivity (Wildman–Crippen MR) is 84.1 cm³/mol. The monoisotopic (exact) mass is 349 g/mol. The summed E-state index contributed by atoms with van der Waals surface area (Å²) in [5.74, 6) is -1.88. The first-order chi connectivity index (χ1) is 11.9. The van der Waals surface area contributed by atoms with Crippen molar-refractivity contribution in [3.05, 3.63) is 52.4 Å². The number of hydrogen-bond acceptors (Lipinski definition) is 4. The van der Waals surface area contributed by atoms with Crippen molar-refractivity contribution in [1.29, 1.82) is 0 Å². The van der Waals surface area contributed by atoms with Crippen molar-refractivity contribution in [1.82, 2.24) is 15.0 Å². The minimum Gasteiger partial charge on any atom is -0.361 e. The van der Waals surface area contributed by atoms with Gasteiger partial charge < -0.3 is 14.3 Å². The maximum absolute atomic E-state index is 13.8. The largest absolute Gasteiger partial charge is 0.361 e. The molecule has 2 heterocycles. The van der Waals surface area contributed by atoms with Crippen molar-refractivity contribution in [2.24, 2.45) is 0 Å². The minimum atomic E-state index is -0.890. The van der Waals surface area contributed by atoms with Crippen molar-refractivity contribution >= 4 is 11.8 Å². The molecule has 0 bridgehead atoms. The summed E-state index contributed by atoms with van der Waals surface area (Å²) >= 11 is 0. The Morgan fingerprint density at radius 2 is 1.64 bits per heavy atom. The number of hydrogen-bond donors (Lipinski definition) is 0. The van der Waals surface area contributed by atoms with Crippen LogP contribution in [0.3, 0.4) is 0 Å². The van der Waals surface area contributed by atoms with Gasteiger partial charge in [-0.3, -0.25) is 9.59 Å². The summed E-state index contributed by atoms with van der Waals surface area (Å²) < 4.78 is 31.8. The van der Waals surface area contributed by atoms with Gasteiger partial charge in [-0.1, -0.05) is 5.16 Å². The molecular weight excluding hydrogens is 332 g/mol. The van der Waals surface area contributed by atoms with E-state index in [4.69, 9.17) is 4.52 Å². The Hall–Kier alpha value is -2.77. The summed E-state index contributed by atoms with van der Waals surface area (Å²) in [6.07, 6.45) is 0. The molecule has 25 heavy (non-hydrogen) atoms. The van der Waals surface area contributed by atoms with Gasteiger partial charge in [0.25, 0.3) is 11.8 Å². The first-order valence-corrected chi connectivity index (χ1v) is 7.85. The van der Waals surface area contributed by atoms with E-state index in [0.29, 0.717) is 36.2 Å². The molecule has 0 N–H and O–H groups in total. The number of piperazine rings is 1.